The third-order valence-corrected chi connectivity index (χ3v) is 3.67. The summed E-state index contributed by atoms with van der Waals surface area (Å²) in [5.41, 5.74) is 1.21. The summed E-state index contributed by atoms with van der Waals surface area (Å²) in [7, 11) is 0. The van der Waals surface area contributed by atoms with E-state index >= 15 is 0 Å². The Morgan fingerprint density at radius 3 is 2.84 bits per heavy atom. The smallest absolute Gasteiger partial charge is 0.210 e. The quantitative estimate of drug-likeness (QED) is 0.569. The van der Waals surface area contributed by atoms with Crippen LogP contribution in [0.1, 0.15) is 35.2 Å². The van der Waals surface area contributed by atoms with Crippen molar-refractivity contribution in [3.05, 3.63) is 28.5 Å². The lowest BCUT2D eigenvalue weighted by atomic mass is 10.1. The second-order valence-electron chi connectivity index (χ2n) is 5.04. The first-order chi connectivity index (χ1) is 9.11. The maximum atomic E-state index is 12.2. The normalized spacial score (nSPS) is 14.2. The van der Waals surface area contributed by atoms with E-state index < -0.39 is 0 Å². The fourth-order valence-corrected chi connectivity index (χ4v) is 2.38. The van der Waals surface area contributed by atoms with Crippen LogP contribution < -0.4 is 0 Å². The molecule has 1 aromatic heterocycles. The van der Waals surface area contributed by atoms with Crippen molar-refractivity contribution in [1.82, 2.24) is 9.88 Å². The third-order valence-electron chi connectivity index (χ3n) is 3.39. The van der Waals surface area contributed by atoms with E-state index in [1.807, 2.05) is 0 Å². The highest BCUT2D eigenvalue weighted by molar-refractivity contribution is 6.34. The first-order valence-corrected chi connectivity index (χ1v) is 6.82. The summed E-state index contributed by atoms with van der Waals surface area (Å²) in [5.74, 6) is 0.608. The van der Waals surface area contributed by atoms with Gasteiger partial charge >= 0.3 is 0 Å². The SMILES string of the molecule is Cc1cncc(Cl)c1C(=O)CN(C=O)CCC1CC1. The van der Waals surface area contributed by atoms with Gasteiger partial charge in [0.25, 0.3) is 0 Å². The number of aromatic nitrogens is 1. The minimum atomic E-state index is -0.132. The fourth-order valence-electron chi connectivity index (χ4n) is 2.07. The van der Waals surface area contributed by atoms with E-state index in [1.165, 1.54) is 23.9 Å². The van der Waals surface area contributed by atoms with Gasteiger partial charge in [-0.1, -0.05) is 24.4 Å². The van der Waals surface area contributed by atoms with Gasteiger partial charge < -0.3 is 4.90 Å². The number of hydrogen-bond acceptors (Lipinski definition) is 3. The average molecular weight is 281 g/mol. The Hall–Kier alpha value is -1.42. The predicted molar refractivity (Wildman–Crippen MR) is 73.3 cm³/mol. The van der Waals surface area contributed by atoms with E-state index in [9.17, 15) is 9.59 Å². The van der Waals surface area contributed by atoms with Crippen molar-refractivity contribution in [3.63, 3.8) is 0 Å². The van der Waals surface area contributed by atoms with Gasteiger partial charge in [0.15, 0.2) is 5.78 Å². The number of carbonyl (C=O) groups excluding carboxylic acids is 2. The Morgan fingerprint density at radius 1 is 1.53 bits per heavy atom. The molecule has 0 bridgehead atoms. The molecule has 0 radical (unpaired) electrons. The molecule has 4 nitrogen and oxygen atoms in total. The molecule has 102 valence electrons. The Balaban J connectivity index is 1.99. The molecule has 1 heterocycles. The molecule has 0 N–H and O–H groups in total. The lowest BCUT2D eigenvalue weighted by Crippen LogP contribution is -2.30. The molecule has 0 aliphatic heterocycles. The van der Waals surface area contributed by atoms with Gasteiger partial charge in [-0.25, -0.2) is 0 Å². The van der Waals surface area contributed by atoms with Crippen molar-refractivity contribution in [3.8, 4) is 0 Å². The monoisotopic (exact) mass is 280 g/mol. The molecule has 1 saturated carbocycles. The summed E-state index contributed by atoms with van der Waals surface area (Å²) in [6.45, 7) is 2.52. The molecule has 0 saturated heterocycles. The number of Topliss-reactive ketones (excluding diaryl/α,β-unsaturated/α-hetero) is 1. The Labute approximate surface area is 117 Å². The van der Waals surface area contributed by atoms with E-state index in [1.54, 1.807) is 13.1 Å². The minimum Gasteiger partial charge on any atom is -0.338 e. The molecule has 19 heavy (non-hydrogen) atoms. The van der Waals surface area contributed by atoms with Gasteiger partial charge in [0.05, 0.1) is 11.6 Å². The zero-order chi connectivity index (χ0) is 13.8. The number of rotatable bonds is 7. The van der Waals surface area contributed by atoms with Crippen LogP contribution in [0.15, 0.2) is 12.4 Å². The zero-order valence-corrected chi connectivity index (χ0v) is 11.7. The molecule has 1 fully saturated rings. The van der Waals surface area contributed by atoms with Crippen LogP contribution in [0.5, 0.6) is 0 Å². The summed E-state index contributed by atoms with van der Waals surface area (Å²) in [6, 6.07) is 0. The van der Waals surface area contributed by atoms with E-state index in [0.717, 1.165) is 24.3 Å². The van der Waals surface area contributed by atoms with Crippen LogP contribution in [0.3, 0.4) is 0 Å². The van der Waals surface area contributed by atoms with Gasteiger partial charge in [-0.05, 0) is 24.8 Å². The highest BCUT2D eigenvalue weighted by Crippen LogP contribution is 2.32. The largest absolute Gasteiger partial charge is 0.338 e. The Morgan fingerprint density at radius 2 is 2.26 bits per heavy atom. The zero-order valence-electron chi connectivity index (χ0n) is 10.9. The second kappa shape index (κ2) is 6.15. The molecule has 1 aliphatic carbocycles. The highest BCUT2D eigenvalue weighted by Gasteiger charge is 2.23. The molecule has 0 unspecified atom stereocenters. The van der Waals surface area contributed by atoms with Gasteiger partial charge in [-0.15, -0.1) is 0 Å². The first-order valence-electron chi connectivity index (χ1n) is 6.44. The van der Waals surface area contributed by atoms with Crippen molar-refractivity contribution < 1.29 is 9.59 Å². The van der Waals surface area contributed by atoms with Crippen LogP contribution in [0.2, 0.25) is 5.02 Å². The van der Waals surface area contributed by atoms with E-state index in [2.05, 4.69) is 4.98 Å². The van der Waals surface area contributed by atoms with E-state index in [0.29, 0.717) is 17.1 Å². The van der Waals surface area contributed by atoms with Crippen molar-refractivity contribution in [2.45, 2.75) is 26.2 Å². The minimum absolute atomic E-state index is 0.0841. The van der Waals surface area contributed by atoms with Gasteiger partial charge in [-0.3, -0.25) is 14.6 Å². The standard InChI is InChI=1S/C14H17ClN2O2/c1-10-6-16-7-12(15)14(10)13(19)8-17(9-18)5-4-11-2-3-11/h6-7,9,11H,2-5,8H2,1H3. The summed E-state index contributed by atoms with van der Waals surface area (Å²) < 4.78 is 0. The molecular formula is C14H17ClN2O2. The van der Waals surface area contributed by atoms with Crippen LogP contribution in [0.4, 0.5) is 0 Å². The maximum Gasteiger partial charge on any atom is 0.210 e. The summed E-state index contributed by atoms with van der Waals surface area (Å²) >= 11 is 6.00. The first kappa shape index (κ1) is 14.0. The predicted octanol–water partition coefficient (Wildman–Crippen LogP) is 2.48. The number of carbonyl (C=O) groups is 2. The number of nitrogens with zero attached hydrogens (tertiary/aromatic N) is 2. The van der Waals surface area contributed by atoms with Crippen LogP contribution in [0.25, 0.3) is 0 Å². The number of halogens is 1. The van der Waals surface area contributed by atoms with Crippen molar-refractivity contribution in [1.29, 1.82) is 0 Å². The van der Waals surface area contributed by atoms with Crippen LogP contribution in [-0.2, 0) is 4.79 Å². The molecule has 0 spiro atoms. The van der Waals surface area contributed by atoms with Gasteiger partial charge in [0, 0.05) is 24.5 Å². The Bertz CT molecular complexity index is 466. The lowest BCUT2D eigenvalue weighted by Gasteiger charge is -2.17. The van der Waals surface area contributed by atoms with E-state index in [4.69, 9.17) is 11.6 Å². The number of hydrogen-bond donors (Lipinski definition) is 0. The molecule has 1 aliphatic rings. The third kappa shape index (κ3) is 3.77. The summed E-state index contributed by atoms with van der Waals surface area (Å²) in [4.78, 5) is 28.7. The van der Waals surface area contributed by atoms with Crippen LogP contribution >= 0.6 is 11.6 Å². The number of ketones is 1. The molecule has 0 atom stereocenters. The molecular weight excluding hydrogens is 264 g/mol. The molecule has 0 aromatic carbocycles. The van der Waals surface area contributed by atoms with E-state index in [-0.39, 0.29) is 12.3 Å². The molecule has 5 heteroatoms. The second-order valence-corrected chi connectivity index (χ2v) is 5.45. The number of amides is 1. The topological polar surface area (TPSA) is 50.3 Å². The Kier molecular flexibility index (Phi) is 4.53. The van der Waals surface area contributed by atoms with Crippen molar-refractivity contribution in [2.24, 2.45) is 5.92 Å². The van der Waals surface area contributed by atoms with Gasteiger partial charge in [0.1, 0.15) is 0 Å². The number of pyridine rings is 1. The lowest BCUT2D eigenvalue weighted by molar-refractivity contribution is -0.117. The average Bonchev–Trinajstić information content (AvgIpc) is 3.18. The van der Waals surface area contributed by atoms with Gasteiger partial charge in [0.2, 0.25) is 6.41 Å². The van der Waals surface area contributed by atoms with Crippen LogP contribution in [-0.4, -0.2) is 35.2 Å². The molecule has 1 amide bonds. The number of aryl methyl sites for hydroxylation is 1. The summed E-state index contributed by atoms with van der Waals surface area (Å²) in [5, 5.41) is 0.345. The molecule has 1 aromatic rings. The van der Waals surface area contributed by atoms with Crippen molar-refractivity contribution in [2.75, 3.05) is 13.1 Å². The van der Waals surface area contributed by atoms with Gasteiger partial charge in [-0.2, -0.15) is 0 Å². The maximum absolute atomic E-state index is 12.2. The highest BCUT2D eigenvalue weighted by atomic mass is 35.5. The summed E-state index contributed by atoms with van der Waals surface area (Å²) in [6.07, 6.45) is 7.28. The van der Waals surface area contributed by atoms with Crippen LogP contribution in [0, 0.1) is 12.8 Å². The van der Waals surface area contributed by atoms with Crippen molar-refractivity contribution >= 4 is 23.8 Å². The fraction of sp³-hybridized carbons (Fsp3) is 0.500. The molecule has 2 rings (SSSR count).